The lowest BCUT2D eigenvalue weighted by Crippen LogP contribution is -2.55. The lowest BCUT2D eigenvalue weighted by atomic mass is 9.90. The summed E-state index contributed by atoms with van der Waals surface area (Å²) in [5.74, 6) is 1.12. The van der Waals surface area contributed by atoms with E-state index in [1.165, 1.54) is 12.3 Å². The lowest BCUT2D eigenvalue weighted by molar-refractivity contribution is -0.121. The summed E-state index contributed by atoms with van der Waals surface area (Å²) in [6.45, 7) is 9.19. The number of aromatic amines is 1. The van der Waals surface area contributed by atoms with Crippen molar-refractivity contribution in [3.63, 3.8) is 0 Å². The Morgan fingerprint density at radius 3 is 2.74 bits per heavy atom. The fraction of sp³-hybridized carbons (Fsp3) is 0.480. The minimum Gasteiger partial charge on any atom is -0.364 e. The molecular formula is C25H32FN8O+. The monoisotopic (exact) mass is 479 g/mol. The third-order valence-electron chi connectivity index (χ3n) is 7.23. The number of carbonyl (C=O) groups excluding carboxylic acids is 1. The summed E-state index contributed by atoms with van der Waals surface area (Å²) in [4.78, 5) is 26.6. The molecule has 1 aliphatic carbocycles. The third kappa shape index (κ3) is 4.05. The van der Waals surface area contributed by atoms with Crippen LogP contribution in [0.1, 0.15) is 63.4 Å². The number of nitrogens with zero attached hydrogens (tertiary/aromatic N) is 5. The number of nitrogens with one attached hydrogen (secondary N) is 2. The molecule has 0 spiro atoms. The van der Waals surface area contributed by atoms with Gasteiger partial charge in [-0.05, 0) is 30.2 Å². The van der Waals surface area contributed by atoms with E-state index in [2.05, 4.69) is 48.2 Å². The number of quaternary nitrogens is 1. The molecule has 2 atom stereocenters. The first-order valence-corrected chi connectivity index (χ1v) is 12.1. The normalized spacial score (nSPS) is 23.0. The van der Waals surface area contributed by atoms with Crippen molar-refractivity contribution in [3.05, 3.63) is 47.3 Å². The Hall–Kier alpha value is -3.40. The summed E-state index contributed by atoms with van der Waals surface area (Å²) in [5, 5.41) is 10.9. The van der Waals surface area contributed by atoms with Gasteiger partial charge in [0, 0.05) is 36.2 Å². The zero-order valence-corrected chi connectivity index (χ0v) is 20.6. The Morgan fingerprint density at radius 2 is 2.09 bits per heavy atom. The SMILES string of the molecule is CC(C)c1cc(Nc2nc([N+]3(c4ccc(F)nc4)CCCC3C(N)=O)nc3c2CC(C)(C)C3)n[nH]1. The van der Waals surface area contributed by atoms with Gasteiger partial charge in [0.1, 0.15) is 5.82 Å². The number of aromatic nitrogens is 5. The molecule has 1 aliphatic heterocycles. The van der Waals surface area contributed by atoms with Crippen LogP contribution in [0.5, 0.6) is 0 Å². The number of primary amides is 1. The number of nitrogens with two attached hydrogens (primary N) is 1. The summed E-state index contributed by atoms with van der Waals surface area (Å²) < 4.78 is 13.8. The lowest BCUT2D eigenvalue weighted by Gasteiger charge is -2.35. The number of halogens is 1. The van der Waals surface area contributed by atoms with Gasteiger partial charge in [0.15, 0.2) is 17.5 Å². The number of amides is 1. The predicted molar refractivity (Wildman–Crippen MR) is 132 cm³/mol. The number of rotatable bonds is 6. The van der Waals surface area contributed by atoms with Crippen LogP contribution in [0.15, 0.2) is 24.4 Å². The van der Waals surface area contributed by atoms with E-state index in [1.54, 1.807) is 6.07 Å². The van der Waals surface area contributed by atoms with E-state index in [-0.39, 0.29) is 9.90 Å². The van der Waals surface area contributed by atoms with Crippen molar-refractivity contribution < 1.29 is 9.18 Å². The maximum Gasteiger partial charge on any atom is 0.337 e. The number of H-pyrrole nitrogens is 1. The highest BCUT2D eigenvalue weighted by molar-refractivity contribution is 5.84. The molecule has 0 aromatic carbocycles. The van der Waals surface area contributed by atoms with Crippen molar-refractivity contribution in [2.24, 2.45) is 11.1 Å². The summed E-state index contributed by atoms with van der Waals surface area (Å²) in [6, 6.07) is 4.37. The molecule has 3 aromatic heterocycles. The maximum atomic E-state index is 13.7. The minimum atomic E-state index is -0.583. The molecule has 4 N–H and O–H groups in total. The topological polar surface area (TPSA) is 122 Å². The highest BCUT2D eigenvalue weighted by Gasteiger charge is 2.52. The molecule has 2 unspecified atom stereocenters. The Labute approximate surface area is 204 Å². The molecule has 9 nitrogen and oxygen atoms in total. The average molecular weight is 480 g/mol. The second kappa shape index (κ2) is 8.37. The van der Waals surface area contributed by atoms with Crippen molar-refractivity contribution in [3.8, 4) is 0 Å². The van der Waals surface area contributed by atoms with Gasteiger partial charge in [0.2, 0.25) is 5.95 Å². The molecule has 3 aromatic rings. The van der Waals surface area contributed by atoms with Crippen LogP contribution in [0, 0.1) is 11.4 Å². The van der Waals surface area contributed by atoms with Crippen LogP contribution in [0.4, 0.5) is 27.7 Å². The molecule has 1 saturated heterocycles. The van der Waals surface area contributed by atoms with Gasteiger partial charge in [0.05, 0.1) is 18.4 Å². The highest BCUT2D eigenvalue weighted by Crippen LogP contribution is 2.45. The zero-order chi connectivity index (χ0) is 25.0. The Kier molecular flexibility index (Phi) is 5.58. The van der Waals surface area contributed by atoms with Crippen LogP contribution in [-0.4, -0.2) is 43.6 Å². The second-order valence-corrected chi connectivity index (χ2v) is 10.8. The van der Waals surface area contributed by atoms with E-state index in [1.807, 2.05) is 6.07 Å². The largest absolute Gasteiger partial charge is 0.364 e. The van der Waals surface area contributed by atoms with Crippen molar-refractivity contribution in [1.82, 2.24) is 29.6 Å². The van der Waals surface area contributed by atoms with E-state index < -0.39 is 17.9 Å². The maximum absolute atomic E-state index is 13.7. The molecule has 10 heteroatoms. The summed E-state index contributed by atoms with van der Waals surface area (Å²) >= 11 is 0. The van der Waals surface area contributed by atoms with E-state index in [0.29, 0.717) is 42.2 Å². The first-order chi connectivity index (χ1) is 16.6. The molecule has 1 amide bonds. The van der Waals surface area contributed by atoms with Crippen molar-refractivity contribution in [2.45, 2.75) is 65.3 Å². The quantitative estimate of drug-likeness (QED) is 0.363. The molecule has 5 rings (SSSR count). The van der Waals surface area contributed by atoms with Gasteiger partial charge in [-0.15, -0.1) is 0 Å². The van der Waals surface area contributed by atoms with Gasteiger partial charge in [-0.2, -0.15) is 19.5 Å². The Balaban J connectivity index is 1.68. The number of carbonyl (C=O) groups is 1. The van der Waals surface area contributed by atoms with Crippen LogP contribution in [0.2, 0.25) is 0 Å². The second-order valence-electron chi connectivity index (χ2n) is 10.8. The highest BCUT2D eigenvalue weighted by atomic mass is 19.1. The first-order valence-electron chi connectivity index (χ1n) is 12.1. The molecule has 4 heterocycles. The minimum absolute atomic E-state index is 0.0249. The summed E-state index contributed by atoms with van der Waals surface area (Å²) in [6.07, 6.45) is 4.43. The van der Waals surface area contributed by atoms with Crippen LogP contribution < -0.4 is 15.5 Å². The van der Waals surface area contributed by atoms with E-state index in [0.717, 1.165) is 36.2 Å². The average Bonchev–Trinajstić information content (AvgIpc) is 3.50. The van der Waals surface area contributed by atoms with Crippen molar-refractivity contribution in [1.29, 1.82) is 0 Å². The third-order valence-corrected chi connectivity index (χ3v) is 7.23. The smallest absolute Gasteiger partial charge is 0.337 e. The standard InChI is InChI=1S/C25H31FN8O/c1-14(2)17-10-21(33-32-17)30-23-16-11-25(3,4)12-18(16)29-24(31-23)34(9-5-6-19(34)22(27)35)15-7-8-20(26)28-13-15/h7-8,10,13-14,19H,5-6,9,11-12H2,1-4H3,(H3-,27,29,30,31,32,33,35)/p+1. The van der Waals surface area contributed by atoms with Crippen molar-refractivity contribution in [2.75, 3.05) is 11.9 Å². The Morgan fingerprint density at radius 1 is 1.29 bits per heavy atom. The van der Waals surface area contributed by atoms with Gasteiger partial charge in [-0.25, -0.2) is 9.47 Å². The number of anilines is 2. The number of hydrogen-bond acceptors (Lipinski definition) is 6. The Bertz CT molecular complexity index is 1270. The predicted octanol–water partition coefficient (Wildman–Crippen LogP) is 4.01. The number of pyridine rings is 1. The summed E-state index contributed by atoms with van der Waals surface area (Å²) in [7, 11) is 0. The number of hydrogen-bond donors (Lipinski definition) is 3. The van der Waals surface area contributed by atoms with Crippen LogP contribution in [-0.2, 0) is 17.6 Å². The molecule has 35 heavy (non-hydrogen) atoms. The fourth-order valence-corrected chi connectivity index (χ4v) is 5.48. The van der Waals surface area contributed by atoms with Gasteiger partial charge >= 0.3 is 5.95 Å². The van der Waals surface area contributed by atoms with E-state index in [4.69, 9.17) is 15.7 Å². The molecule has 0 bridgehead atoms. The molecule has 0 radical (unpaired) electrons. The van der Waals surface area contributed by atoms with Crippen LogP contribution in [0.25, 0.3) is 0 Å². The van der Waals surface area contributed by atoms with E-state index in [9.17, 15) is 9.18 Å². The number of fused-ring (bicyclic) bond motifs is 1. The van der Waals surface area contributed by atoms with E-state index >= 15 is 0 Å². The molecule has 2 aliphatic rings. The fourth-order valence-electron chi connectivity index (χ4n) is 5.48. The molecule has 1 fully saturated rings. The first kappa shape index (κ1) is 23.3. The van der Waals surface area contributed by atoms with Gasteiger partial charge < -0.3 is 11.1 Å². The summed E-state index contributed by atoms with van der Waals surface area (Å²) in [5.41, 5.74) is 9.59. The van der Waals surface area contributed by atoms with Crippen molar-refractivity contribution >= 4 is 29.2 Å². The van der Waals surface area contributed by atoms with Gasteiger partial charge in [-0.1, -0.05) is 27.7 Å². The molecular weight excluding hydrogens is 447 g/mol. The zero-order valence-electron chi connectivity index (χ0n) is 20.6. The molecule has 0 saturated carbocycles. The van der Waals surface area contributed by atoms with Gasteiger partial charge in [-0.3, -0.25) is 9.89 Å². The van der Waals surface area contributed by atoms with Gasteiger partial charge in [0.25, 0.3) is 5.91 Å². The van der Waals surface area contributed by atoms with Crippen LogP contribution >= 0.6 is 0 Å². The van der Waals surface area contributed by atoms with Crippen LogP contribution in [0.3, 0.4) is 0 Å². The molecule has 184 valence electrons.